The molecular weight excluding hydrogens is 234 g/mol. The zero-order valence-corrected chi connectivity index (χ0v) is 12.4. The van der Waals surface area contributed by atoms with Crippen LogP contribution in [0.15, 0.2) is 29.1 Å². The smallest absolute Gasteiger partial charge is 0.118 e. The summed E-state index contributed by atoms with van der Waals surface area (Å²) < 4.78 is 5.86. The van der Waals surface area contributed by atoms with E-state index in [1.165, 1.54) is 38.5 Å². The van der Waals surface area contributed by atoms with Crippen molar-refractivity contribution < 1.29 is 4.74 Å². The molecule has 2 atom stereocenters. The summed E-state index contributed by atoms with van der Waals surface area (Å²) in [4.78, 5) is 4.29. The second kappa shape index (κ2) is 6.93. The third-order valence-corrected chi connectivity index (χ3v) is 4.18. The van der Waals surface area contributed by atoms with Gasteiger partial charge in [0.1, 0.15) is 12.4 Å². The molecule has 0 N–H and O–H groups in total. The van der Waals surface area contributed by atoms with Crippen molar-refractivity contribution in [1.82, 2.24) is 0 Å². The van der Waals surface area contributed by atoms with E-state index in [4.69, 9.17) is 4.74 Å². The minimum Gasteiger partial charge on any atom is -0.491 e. The summed E-state index contributed by atoms with van der Waals surface area (Å²) in [5, 5.41) is 0. The fourth-order valence-corrected chi connectivity index (χ4v) is 3.26. The van der Waals surface area contributed by atoms with Crippen molar-refractivity contribution >= 4 is 6.21 Å². The molecule has 1 aliphatic carbocycles. The maximum atomic E-state index is 5.86. The minimum absolute atomic E-state index is 0.570. The fraction of sp³-hybridized carbons (Fsp3) is 0.706. The Hall–Kier alpha value is -1.05. The second-order valence-corrected chi connectivity index (χ2v) is 6.46. The fourth-order valence-electron chi connectivity index (χ4n) is 3.26. The van der Waals surface area contributed by atoms with E-state index in [9.17, 15) is 0 Å². The number of aliphatic imine (C=N–C) groups is 1. The molecule has 19 heavy (non-hydrogen) atoms. The maximum Gasteiger partial charge on any atom is 0.118 e. The van der Waals surface area contributed by atoms with Crippen molar-refractivity contribution in [3.63, 3.8) is 0 Å². The lowest BCUT2D eigenvalue weighted by Gasteiger charge is -2.19. The van der Waals surface area contributed by atoms with E-state index in [2.05, 4.69) is 25.4 Å². The number of ether oxygens (including phenoxy) is 1. The molecule has 1 saturated carbocycles. The van der Waals surface area contributed by atoms with Crippen LogP contribution in [-0.2, 0) is 4.74 Å². The van der Waals surface area contributed by atoms with Gasteiger partial charge in [-0.05, 0) is 37.5 Å². The predicted molar refractivity (Wildman–Crippen MR) is 81.2 cm³/mol. The first-order valence-electron chi connectivity index (χ1n) is 7.69. The van der Waals surface area contributed by atoms with E-state index in [1.807, 2.05) is 12.4 Å². The molecule has 0 aromatic heterocycles. The first-order valence-corrected chi connectivity index (χ1v) is 7.69. The lowest BCUT2D eigenvalue weighted by Crippen LogP contribution is -2.08. The summed E-state index contributed by atoms with van der Waals surface area (Å²) in [7, 11) is 0. The Balaban J connectivity index is 1.90. The predicted octanol–water partition coefficient (Wildman–Crippen LogP) is 4.73. The SMILES string of the molecule is C=C1C=NC=C(C2CCCC(CC(C)C)CC2)OC1. The van der Waals surface area contributed by atoms with E-state index in [0.717, 1.165) is 23.2 Å². The van der Waals surface area contributed by atoms with Crippen molar-refractivity contribution in [1.29, 1.82) is 0 Å². The van der Waals surface area contributed by atoms with Gasteiger partial charge in [0.05, 0.1) is 6.20 Å². The molecule has 2 rings (SSSR count). The first kappa shape index (κ1) is 14.4. The third kappa shape index (κ3) is 4.52. The molecule has 2 aliphatic rings. The van der Waals surface area contributed by atoms with Crippen molar-refractivity contribution in [3.8, 4) is 0 Å². The second-order valence-electron chi connectivity index (χ2n) is 6.46. The Labute approximate surface area is 117 Å². The van der Waals surface area contributed by atoms with Crippen molar-refractivity contribution in [3.05, 3.63) is 24.1 Å². The van der Waals surface area contributed by atoms with Crippen LogP contribution in [-0.4, -0.2) is 12.8 Å². The lowest BCUT2D eigenvalue weighted by molar-refractivity contribution is 0.194. The first-order chi connectivity index (χ1) is 9.15. The number of hydrogen-bond acceptors (Lipinski definition) is 2. The molecule has 1 fully saturated rings. The Bertz CT molecular complexity index is 367. The number of rotatable bonds is 3. The van der Waals surface area contributed by atoms with Crippen molar-refractivity contribution in [2.75, 3.05) is 6.61 Å². The van der Waals surface area contributed by atoms with E-state index < -0.39 is 0 Å². The van der Waals surface area contributed by atoms with Gasteiger partial charge in [0, 0.05) is 17.7 Å². The average molecular weight is 261 g/mol. The standard InChI is InChI=1S/C17H27NO/c1-13(2)9-15-5-4-6-16(8-7-15)17-11-18-10-14(3)12-19-17/h10-11,13,15-16H,3-9,12H2,1-2H3. The molecule has 2 unspecified atom stereocenters. The van der Waals surface area contributed by atoms with E-state index in [-0.39, 0.29) is 0 Å². The van der Waals surface area contributed by atoms with Crippen LogP contribution >= 0.6 is 0 Å². The van der Waals surface area contributed by atoms with Crippen LogP contribution in [0.25, 0.3) is 0 Å². The average Bonchev–Trinajstić information content (AvgIpc) is 2.69. The van der Waals surface area contributed by atoms with Gasteiger partial charge in [-0.15, -0.1) is 0 Å². The van der Waals surface area contributed by atoms with Crippen LogP contribution in [0.5, 0.6) is 0 Å². The van der Waals surface area contributed by atoms with Gasteiger partial charge in [0.15, 0.2) is 0 Å². The Morgan fingerprint density at radius 3 is 2.95 bits per heavy atom. The van der Waals surface area contributed by atoms with E-state index in [0.29, 0.717) is 12.5 Å². The number of nitrogens with zero attached hydrogens (tertiary/aromatic N) is 1. The van der Waals surface area contributed by atoms with Gasteiger partial charge in [-0.1, -0.05) is 33.3 Å². The molecule has 2 heteroatoms. The van der Waals surface area contributed by atoms with Crippen LogP contribution in [0, 0.1) is 17.8 Å². The summed E-state index contributed by atoms with van der Waals surface area (Å²) in [6, 6.07) is 0. The summed E-state index contributed by atoms with van der Waals surface area (Å²) in [5.74, 6) is 3.39. The summed E-state index contributed by atoms with van der Waals surface area (Å²) in [5.41, 5.74) is 0.956. The highest BCUT2D eigenvalue weighted by Crippen LogP contribution is 2.35. The summed E-state index contributed by atoms with van der Waals surface area (Å²) in [6.45, 7) is 9.17. The van der Waals surface area contributed by atoms with Crippen molar-refractivity contribution in [2.45, 2.75) is 52.4 Å². The van der Waals surface area contributed by atoms with Gasteiger partial charge >= 0.3 is 0 Å². The molecular formula is C17H27NO. The highest BCUT2D eigenvalue weighted by atomic mass is 16.5. The van der Waals surface area contributed by atoms with Gasteiger partial charge in [0.2, 0.25) is 0 Å². The molecule has 1 heterocycles. The van der Waals surface area contributed by atoms with Crippen LogP contribution < -0.4 is 0 Å². The number of hydrogen-bond donors (Lipinski definition) is 0. The van der Waals surface area contributed by atoms with Crippen LogP contribution in [0.3, 0.4) is 0 Å². The molecule has 106 valence electrons. The minimum atomic E-state index is 0.570. The molecule has 0 saturated heterocycles. The largest absolute Gasteiger partial charge is 0.491 e. The third-order valence-electron chi connectivity index (χ3n) is 4.18. The molecule has 1 aliphatic heterocycles. The Kier molecular flexibility index (Phi) is 5.24. The topological polar surface area (TPSA) is 21.6 Å². The van der Waals surface area contributed by atoms with Gasteiger partial charge in [-0.25, -0.2) is 0 Å². The normalized spacial score (nSPS) is 28.6. The van der Waals surface area contributed by atoms with Gasteiger partial charge in [0.25, 0.3) is 0 Å². The van der Waals surface area contributed by atoms with E-state index >= 15 is 0 Å². The lowest BCUT2D eigenvalue weighted by atomic mass is 9.90. The van der Waals surface area contributed by atoms with Crippen LogP contribution in [0.2, 0.25) is 0 Å². The molecule has 2 nitrogen and oxygen atoms in total. The molecule has 0 spiro atoms. The molecule has 0 amide bonds. The maximum absolute atomic E-state index is 5.86. The monoisotopic (exact) mass is 261 g/mol. The molecule has 0 aromatic rings. The summed E-state index contributed by atoms with van der Waals surface area (Å²) >= 11 is 0. The Morgan fingerprint density at radius 2 is 2.16 bits per heavy atom. The zero-order chi connectivity index (χ0) is 13.7. The van der Waals surface area contributed by atoms with Crippen LogP contribution in [0.4, 0.5) is 0 Å². The van der Waals surface area contributed by atoms with E-state index in [1.54, 1.807) is 0 Å². The summed E-state index contributed by atoms with van der Waals surface area (Å²) in [6.07, 6.45) is 11.7. The van der Waals surface area contributed by atoms with Gasteiger partial charge in [-0.2, -0.15) is 0 Å². The zero-order valence-electron chi connectivity index (χ0n) is 12.4. The highest BCUT2D eigenvalue weighted by molar-refractivity contribution is 5.78. The van der Waals surface area contributed by atoms with Gasteiger partial charge < -0.3 is 4.74 Å². The van der Waals surface area contributed by atoms with Crippen LogP contribution in [0.1, 0.15) is 52.4 Å². The molecule has 0 aromatic carbocycles. The van der Waals surface area contributed by atoms with Crippen molar-refractivity contribution in [2.24, 2.45) is 22.7 Å². The quantitative estimate of drug-likeness (QED) is 0.673. The molecule has 0 bridgehead atoms. The van der Waals surface area contributed by atoms with Gasteiger partial charge in [-0.3, -0.25) is 4.99 Å². The molecule has 0 radical (unpaired) electrons. The number of allylic oxidation sites excluding steroid dienone is 1. The Morgan fingerprint density at radius 1 is 1.32 bits per heavy atom. The highest BCUT2D eigenvalue weighted by Gasteiger charge is 2.23.